The number of benzene rings is 1. The fourth-order valence-corrected chi connectivity index (χ4v) is 1.60. The summed E-state index contributed by atoms with van der Waals surface area (Å²) in [6.07, 6.45) is 3.41. The number of hydrogen-bond acceptors (Lipinski definition) is 2. The van der Waals surface area contributed by atoms with Gasteiger partial charge in [0.05, 0.1) is 0 Å². The number of hydrogen-bond donors (Lipinski definition) is 2. The summed E-state index contributed by atoms with van der Waals surface area (Å²) in [5.41, 5.74) is 6.68. The fourth-order valence-electron chi connectivity index (χ4n) is 1.60. The van der Waals surface area contributed by atoms with Gasteiger partial charge in [0.1, 0.15) is 0 Å². The Kier molecular flexibility index (Phi) is 2.42. The molecule has 1 aliphatic carbocycles. The van der Waals surface area contributed by atoms with Crippen molar-refractivity contribution in [2.45, 2.75) is 25.3 Å². The van der Waals surface area contributed by atoms with E-state index >= 15 is 0 Å². The quantitative estimate of drug-likeness (QED) is 0.777. The second-order valence-corrected chi connectivity index (χ2v) is 4.00. The van der Waals surface area contributed by atoms with Crippen LogP contribution in [0.15, 0.2) is 18.2 Å². The van der Waals surface area contributed by atoms with Crippen molar-refractivity contribution in [3.63, 3.8) is 0 Å². The molecular formula is C11H14FNO. The first-order chi connectivity index (χ1) is 6.66. The molecule has 0 amide bonds. The van der Waals surface area contributed by atoms with Gasteiger partial charge >= 0.3 is 0 Å². The van der Waals surface area contributed by atoms with Crippen LogP contribution in [0, 0.1) is 11.7 Å². The van der Waals surface area contributed by atoms with E-state index in [1.165, 1.54) is 25.0 Å². The maximum absolute atomic E-state index is 13.0. The highest BCUT2D eigenvalue weighted by atomic mass is 19.1. The highest BCUT2D eigenvalue weighted by Gasteiger charge is 2.24. The van der Waals surface area contributed by atoms with Crippen molar-refractivity contribution in [1.82, 2.24) is 0 Å². The molecule has 2 rings (SSSR count). The number of halogens is 1. The lowest BCUT2D eigenvalue weighted by Gasteiger charge is -2.11. The number of phenols is 1. The van der Waals surface area contributed by atoms with E-state index in [1.54, 1.807) is 6.07 Å². The van der Waals surface area contributed by atoms with Crippen LogP contribution in [0.2, 0.25) is 0 Å². The van der Waals surface area contributed by atoms with Gasteiger partial charge in [-0.15, -0.1) is 0 Å². The highest BCUT2D eigenvalue weighted by Crippen LogP contribution is 2.37. The lowest BCUT2D eigenvalue weighted by molar-refractivity contribution is 0.430. The van der Waals surface area contributed by atoms with Gasteiger partial charge in [-0.05, 0) is 30.0 Å². The molecule has 1 aromatic rings. The lowest BCUT2D eigenvalue weighted by Crippen LogP contribution is -2.11. The Balaban J connectivity index is 2.10. The minimum absolute atomic E-state index is 0.0994. The summed E-state index contributed by atoms with van der Waals surface area (Å²) in [7, 11) is 0. The van der Waals surface area contributed by atoms with Gasteiger partial charge < -0.3 is 10.8 Å². The zero-order valence-corrected chi connectivity index (χ0v) is 7.91. The van der Waals surface area contributed by atoms with Gasteiger partial charge in [0, 0.05) is 6.04 Å². The smallest absolute Gasteiger partial charge is 0.165 e. The molecule has 1 atom stereocenters. The molecule has 1 fully saturated rings. The molecule has 0 aliphatic heterocycles. The van der Waals surface area contributed by atoms with E-state index in [4.69, 9.17) is 10.8 Å². The van der Waals surface area contributed by atoms with E-state index in [1.807, 2.05) is 0 Å². The second-order valence-electron chi connectivity index (χ2n) is 4.00. The number of phenolic OH excluding ortho intramolecular Hbond substituents is 1. The van der Waals surface area contributed by atoms with E-state index in [0.717, 1.165) is 17.9 Å². The Labute approximate surface area is 82.5 Å². The summed E-state index contributed by atoms with van der Waals surface area (Å²) in [5.74, 6) is -0.178. The first-order valence-corrected chi connectivity index (χ1v) is 4.91. The monoisotopic (exact) mass is 195 g/mol. The molecule has 0 bridgehead atoms. The maximum atomic E-state index is 13.0. The van der Waals surface area contributed by atoms with Crippen LogP contribution in [0.5, 0.6) is 5.75 Å². The Morgan fingerprint density at radius 3 is 2.79 bits per heavy atom. The standard InChI is InChI=1S/C11H14FNO/c12-9-6-8(3-4-11(9)14)10(13)5-7-1-2-7/h3-4,6-7,10,14H,1-2,5,13H2/t10-/m0/s1. The minimum atomic E-state index is -0.589. The summed E-state index contributed by atoms with van der Waals surface area (Å²) in [6, 6.07) is 4.27. The van der Waals surface area contributed by atoms with Crippen LogP contribution in [0.3, 0.4) is 0 Å². The number of aromatic hydroxyl groups is 1. The molecule has 0 spiro atoms. The summed E-state index contributed by atoms with van der Waals surface area (Å²) >= 11 is 0. The van der Waals surface area contributed by atoms with E-state index in [-0.39, 0.29) is 11.8 Å². The highest BCUT2D eigenvalue weighted by molar-refractivity contribution is 5.29. The van der Waals surface area contributed by atoms with Crippen LogP contribution in [0.1, 0.15) is 30.9 Å². The van der Waals surface area contributed by atoms with Crippen molar-refractivity contribution < 1.29 is 9.50 Å². The largest absolute Gasteiger partial charge is 0.505 e. The fraction of sp³-hybridized carbons (Fsp3) is 0.455. The molecule has 0 aromatic heterocycles. The van der Waals surface area contributed by atoms with E-state index in [2.05, 4.69) is 0 Å². The van der Waals surface area contributed by atoms with Crippen LogP contribution in [-0.4, -0.2) is 5.11 Å². The molecular weight excluding hydrogens is 181 g/mol. The van der Waals surface area contributed by atoms with Crippen LogP contribution in [0.4, 0.5) is 4.39 Å². The molecule has 1 aromatic carbocycles. The molecule has 1 aliphatic rings. The first kappa shape index (κ1) is 9.46. The van der Waals surface area contributed by atoms with Crippen molar-refractivity contribution in [2.75, 3.05) is 0 Å². The normalized spacial score (nSPS) is 18.1. The Morgan fingerprint density at radius 1 is 1.50 bits per heavy atom. The molecule has 2 nitrogen and oxygen atoms in total. The summed E-state index contributed by atoms with van der Waals surface area (Å²) in [6.45, 7) is 0. The van der Waals surface area contributed by atoms with Gasteiger partial charge in [0.2, 0.25) is 0 Å². The predicted molar refractivity (Wildman–Crippen MR) is 52.3 cm³/mol. The van der Waals surface area contributed by atoms with Gasteiger partial charge in [0.25, 0.3) is 0 Å². The molecule has 3 heteroatoms. The van der Waals surface area contributed by atoms with Gasteiger partial charge in [-0.1, -0.05) is 18.9 Å². The van der Waals surface area contributed by atoms with E-state index < -0.39 is 5.82 Å². The molecule has 0 heterocycles. The Hall–Kier alpha value is -1.09. The average Bonchev–Trinajstić information content (AvgIpc) is 2.93. The molecule has 0 saturated heterocycles. The van der Waals surface area contributed by atoms with Crippen molar-refractivity contribution >= 4 is 0 Å². The molecule has 3 N–H and O–H groups in total. The lowest BCUT2D eigenvalue weighted by atomic mass is 10.0. The zero-order chi connectivity index (χ0) is 10.1. The number of rotatable bonds is 3. The zero-order valence-electron chi connectivity index (χ0n) is 7.91. The SMILES string of the molecule is N[C@@H](CC1CC1)c1ccc(O)c(F)c1. The van der Waals surface area contributed by atoms with Crippen LogP contribution >= 0.6 is 0 Å². The Bertz CT molecular complexity index is 336. The van der Waals surface area contributed by atoms with Gasteiger partial charge in [-0.3, -0.25) is 0 Å². The molecule has 76 valence electrons. The van der Waals surface area contributed by atoms with Crippen LogP contribution in [0.25, 0.3) is 0 Å². The Morgan fingerprint density at radius 2 is 2.21 bits per heavy atom. The van der Waals surface area contributed by atoms with Crippen molar-refractivity contribution in [3.05, 3.63) is 29.6 Å². The number of nitrogens with two attached hydrogens (primary N) is 1. The van der Waals surface area contributed by atoms with Crippen molar-refractivity contribution in [1.29, 1.82) is 0 Å². The van der Waals surface area contributed by atoms with Gasteiger partial charge in [-0.25, -0.2) is 4.39 Å². The first-order valence-electron chi connectivity index (χ1n) is 4.91. The molecule has 1 saturated carbocycles. The summed E-state index contributed by atoms with van der Waals surface area (Å²) < 4.78 is 13.0. The van der Waals surface area contributed by atoms with E-state index in [9.17, 15) is 4.39 Å². The van der Waals surface area contributed by atoms with Crippen molar-refractivity contribution in [3.8, 4) is 5.75 Å². The molecule has 14 heavy (non-hydrogen) atoms. The molecule has 0 unspecified atom stereocenters. The topological polar surface area (TPSA) is 46.2 Å². The third-order valence-electron chi connectivity index (χ3n) is 2.68. The van der Waals surface area contributed by atoms with Gasteiger partial charge in [-0.2, -0.15) is 0 Å². The third-order valence-corrected chi connectivity index (χ3v) is 2.68. The average molecular weight is 195 g/mol. The van der Waals surface area contributed by atoms with E-state index in [0.29, 0.717) is 0 Å². The minimum Gasteiger partial charge on any atom is -0.505 e. The van der Waals surface area contributed by atoms with Crippen molar-refractivity contribution in [2.24, 2.45) is 11.7 Å². The third kappa shape index (κ3) is 2.04. The second kappa shape index (κ2) is 3.58. The maximum Gasteiger partial charge on any atom is 0.165 e. The summed E-state index contributed by atoms with van der Waals surface area (Å²) in [4.78, 5) is 0. The predicted octanol–water partition coefficient (Wildman–Crippen LogP) is 2.33. The van der Waals surface area contributed by atoms with Crippen LogP contribution < -0.4 is 5.73 Å². The van der Waals surface area contributed by atoms with Crippen LogP contribution in [-0.2, 0) is 0 Å². The molecule has 0 radical (unpaired) electrons. The van der Waals surface area contributed by atoms with Gasteiger partial charge in [0.15, 0.2) is 11.6 Å². The summed E-state index contributed by atoms with van der Waals surface area (Å²) in [5, 5.41) is 9.00.